The van der Waals surface area contributed by atoms with Crippen LogP contribution in [-0.4, -0.2) is 30.3 Å². The fourth-order valence-electron chi connectivity index (χ4n) is 3.23. The molecule has 0 saturated carbocycles. The van der Waals surface area contributed by atoms with Gasteiger partial charge in [0.05, 0.1) is 6.54 Å². The van der Waals surface area contributed by atoms with Gasteiger partial charge in [-0.3, -0.25) is 9.69 Å². The number of carbonyl (C=O) groups is 1. The maximum Gasteiger partial charge on any atom is 0.150 e. The molecule has 2 atom stereocenters. The Hall–Kier alpha value is -0.370. The molecule has 0 amide bonds. The van der Waals surface area contributed by atoms with Gasteiger partial charge in [-0.1, -0.05) is 41.5 Å². The lowest BCUT2D eigenvalue weighted by Crippen LogP contribution is -2.52. The first-order valence-electron chi connectivity index (χ1n) is 7.02. The van der Waals surface area contributed by atoms with E-state index in [9.17, 15) is 4.79 Å². The Morgan fingerprint density at radius 1 is 1.35 bits per heavy atom. The number of hydrogen-bond donors (Lipinski definition) is 0. The van der Waals surface area contributed by atoms with Crippen LogP contribution in [0.25, 0.3) is 0 Å². The van der Waals surface area contributed by atoms with Crippen molar-refractivity contribution in [3.63, 3.8) is 0 Å². The molecule has 1 heterocycles. The van der Waals surface area contributed by atoms with Crippen LogP contribution in [0.5, 0.6) is 0 Å². The van der Waals surface area contributed by atoms with Gasteiger partial charge in [-0.05, 0) is 30.2 Å². The average molecular weight is 239 g/mol. The summed E-state index contributed by atoms with van der Waals surface area (Å²) >= 11 is 0. The van der Waals surface area contributed by atoms with Crippen LogP contribution in [0, 0.1) is 23.2 Å². The summed E-state index contributed by atoms with van der Waals surface area (Å²) < 4.78 is 0. The molecule has 0 aromatic rings. The molecule has 0 aromatic heterocycles. The zero-order chi connectivity index (χ0) is 13.2. The largest absolute Gasteiger partial charge is 0.298 e. The standard InChI is InChI=1S/C15H29NO/c1-7-8-16-9-12(11(2)3)14(13(17)10-16)15(4,5)6/h11-12,14H,7-10H2,1-6H3. The number of likely N-dealkylation sites (tertiary alicyclic amines) is 1. The van der Waals surface area contributed by atoms with Gasteiger partial charge in [-0.25, -0.2) is 0 Å². The molecule has 1 fully saturated rings. The second-order valence-electron chi connectivity index (χ2n) is 6.95. The van der Waals surface area contributed by atoms with Gasteiger partial charge in [0.1, 0.15) is 0 Å². The van der Waals surface area contributed by atoms with Gasteiger partial charge in [0.15, 0.2) is 5.78 Å². The van der Waals surface area contributed by atoms with E-state index in [0.717, 1.165) is 19.5 Å². The van der Waals surface area contributed by atoms with Gasteiger partial charge < -0.3 is 0 Å². The summed E-state index contributed by atoms with van der Waals surface area (Å²) in [4.78, 5) is 14.7. The maximum absolute atomic E-state index is 12.4. The highest BCUT2D eigenvalue weighted by molar-refractivity contribution is 5.84. The van der Waals surface area contributed by atoms with E-state index in [1.807, 2.05) is 0 Å². The first-order chi connectivity index (χ1) is 7.77. The summed E-state index contributed by atoms with van der Waals surface area (Å²) in [5, 5.41) is 0. The van der Waals surface area contributed by atoms with Gasteiger partial charge in [0, 0.05) is 12.5 Å². The van der Waals surface area contributed by atoms with E-state index in [2.05, 4.69) is 46.4 Å². The fourth-order valence-corrected chi connectivity index (χ4v) is 3.23. The molecule has 1 aliphatic heterocycles. The quantitative estimate of drug-likeness (QED) is 0.753. The van der Waals surface area contributed by atoms with Crippen molar-refractivity contribution in [2.45, 2.75) is 48.0 Å². The van der Waals surface area contributed by atoms with Gasteiger partial charge in [-0.2, -0.15) is 0 Å². The molecule has 100 valence electrons. The number of hydrogen-bond acceptors (Lipinski definition) is 2. The highest BCUT2D eigenvalue weighted by Gasteiger charge is 2.43. The van der Waals surface area contributed by atoms with Gasteiger partial charge >= 0.3 is 0 Å². The Bertz CT molecular complexity index is 265. The second kappa shape index (κ2) is 5.51. The third-order valence-corrected chi connectivity index (χ3v) is 3.95. The predicted molar refractivity (Wildman–Crippen MR) is 73.0 cm³/mol. The molecule has 0 aromatic carbocycles. The zero-order valence-electron chi connectivity index (χ0n) is 12.4. The number of rotatable bonds is 3. The normalized spacial score (nSPS) is 27.8. The van der Waals surface area contributed by atoms with E-state index < -0.39 is 0 Å². The number of carbonyl (C=O) groups excluding carboxylic acids is 1. The molecule has 0 bridgehead atoms. The lowest BCUT2D eigenvalue weighted by Gasteiger charge is -2.45. The third-order valence-electron chi connectivity index (χ3n) is 3.95. The number of ketones is 1. The molecule has 1 saturated heterocycles. The summed E-state index contributed by atoms with van der Waals surface area (Å²) in [7, 11) is 0. The van der Waals surface area contributed by atoms with Gasteiger partial charge in [0.25, 0.3) is 0 Å². The predicted octanol–water partition coefficient (Wildman–Crippen LogP) is 3.22. The van der Waals surface area contributed by atoms with E-state index in [0.29, 0.717) is 24.2 Å². The van der Waals surface area contributed by atoms with E-state index in [1.165, 1.54) is 0 Å². The minimum Gasteiger partial charge on any atom is -0.298 e. The van der Waals surface area contributed by atoms with E-state index in [1.54, 1.807) is 0 Å². The molecule has 0 radical (unpaired) electrons. The summed E-state index contributed by atoms with van der Waals surface area (Å²) in [6.07, 6.45) is 1.14. The molecule has 17 heavy (non-hydrogen) atoms. The van der Waals surface area contributed by atoms with Gasteiger partial charge in [-0.15, -0.1) is 0 Å². The first kappa shape index (κ1) is 14.7. The van der Waals surface area contributed by atoms with E-state index in [-0.39, 0.29) is 11.3 Å². The minimum atomic E-state index is 0.102. The van der Waals surface area contributed by atoms with Crippen molar-refractivity contribution in [1.82, 2.24) is 4.90 Å². The fraction of sp³-hybridized carbons (Fsp3) is 0.933. The summed E-state index contributed by atoms with van der Waals surface area (Å²) in [5.74, 6) is 1.79. The summed E-state index contributed by atoms with van der Waals surface area (Å²) in [6.45, 7) is 16.1. The van der Waals surface area contributed by atoms with Crippen LogP contribution >= 0.6 is 0 Å². The Kier molecular flexibility index (Phi) is 4.77. The van der Waals surface area contributed by atoms with Crippen LogP contribution in [-0.2, 0) is 4.79 Å². The molecular weight excluding hydrogens is 210 g/mol. The SMILES string of the molecule is CCCN1CC(=O)C(C(C)(C)C)C(C(C)C)C1. The van der Waals surface area contributed by atoms with E-state index >= 15 is 0 Å². The third kappa shape index (κ3) is 3.54. The highest BCUT2D eigenvalue weighted by Crippen LogP contribution is 2.39. The Morgan fingerprint density at radius 3 is 2.35 bits per heavy atom. The van der Waals surface area contributed by atoms with Crippen molar-refractivity contribution in [2.75, 3.05) is 19.6 Å². The molecular formula is C15H29NO. The van der Waals surface area contributed by atoms with Crippen LogP contribution in [0.2, 0.25) is 0 Å². The van der Waals surface area contributed by atoms with Crippen molar-refractivity contribution in [3.8, 4) is 0 Å². The van der Waals surface area contributed by atoms with Crippen LogP contribution in [0.15, 0.2) is 0 Å². The maximum atomic E-state index is 12.4. The molecule has 0 aliphatic carbocycles. The molecule has 0 spiro atoms. The minimum absolute atomic E-state index is 0.102. The summed E-state index contributed by atoms with van der Waals surface area (Å²) in [6, 6.07) is 0. The van der Waals surface area contributed by atoms with Crippen LogP contribution in [0.4, 0.5) is 0 Å². The van der Waals surface area contributed by atoms with Crippen molar-refractivity contribution in [3.05, 3.63) is 0 Å². The van der Waals surface area contributed by atoms with Crippen molar-refractivity contribution in [1.29, 1.82) is 0 Å². The van der Waals surface area contributed by atoms with Crippen LogP contribution in [0.3, 0.4) is 0 Å². The molecule has 2 unspecified atom stereocenters. The number of Topliss-reactive ketones (excluding diaryl/α,β-unsaturated/α-hetero) is 1. The molecule has 1 aliphatic rings. The smallest absolute Gasteiger partial charge is 0.150 e. The van der Waals surface area contributed by atoms with Crippen molar-refractivity contribution >= 4 is 5.78 Å². The van der Waals surface area contributed by atoms with Crippen molar-refractivity contribution < 1.29 is 4.79 Å². The topological polar surface area (TPSA) is 20.3 Å². The van der Waals surface area contributed by atoms with Crippen LogP contribution in [0.1, 0.15) is 48.0 Å². The van der Waals surface area contributed by atoms with E-state index in [4.69, 9.17) is 0 Å². The monoisotopic (exact) mass is 239 g/mol. The zero-order valence-corrected chi connectivity index (χ0v) is 12.4. The molecule has 0 N–H and O–H groups in total. The first-order valence-corrected chi connectivity index (χ1v) is 7.02. The Balaban J connectivity index is 2.87. The highest BCUT2D eigenvalue weighted by atomic mass is 16.1. The Morgan fingerprint density at radius 2 is 1.94 bits per heavy atom. The van der Waals surface area contributed by atoms with Gasteiger partial charge in [0.2, 0.25) is 0 Å². The number of nitrogens with zero attached hydrogens (tertiary/aromatic N) is 1. The average Bonchev–Trinajstić information content (AvgIpc) is 2.14. The second-order valence-corrected chi connectivity index (χ2v) is 6.95. The molecule has 2 heteroatoms. The lowest BCUT2D eigenvalue weighted by atomic mass is 9.65. The van der Waals surface area contributed by atoms with Crippen molar-refractivity contribution in [2.24, 2.45) is 23.2 Å². The Labute approximate surface area is 107 Å². The lowest BCUT2D eigenvalue weighted by molar-refractivity contribution is -0.136. The number of piperidine rings is 1. The van der Waals surface area contributed by atoms with Crippen LogP contribution < -0.4 is 0 Å². The molecule has 1 rings (SSSR count). The summed E-state index contributed by atoms with van der Waals surface area (Å²) in [5.41, 5.74) is 0.102. The molecule has 2 nitrogen and oxygen atoms in total.